The molecule has 0 aliphatic carbocycles. The van der Waals surface area contributed by atoms with Gasteiger partial charge in [0.2, 0.25) is 12.7 Å². The van der Waals surface area contributed by atoms with E-state index in [0.717, 1.165) is 49.8 Å². The number of fused-ring (bicyclic) bond motifs is 1. The van der Waals surface area contributed by atoms with Gasteiger partial charge in [0, 0.05) is 32.7 Å². The van der Waals surface area contributed by atoms with E-state index < -0.39 is 11.9 Å². The number of benzene rings is 2. The highest BCUT2D eigenvalue weighted by Crippen LogP contribution is 2.32. The molecule has 1 saturated heterocycles. The van der Waals surface area contributed by atoms with Crippen LogP contribution in [0.5, 0.6) is 11.5 Å². The Balaban J connectivity index is 1.32. The van der Waals surface area contributed by atoms with E-state index in [0.29, 0.717) is 0 Å². The molecule has 0 spiro atoms. The smallest absolute Gasteiger partial charge is 0.339 e. The third-order valence-electron chi connectivity index (χ3n) is 5.80. The maximum atomic E-state index is 12.7. The Kier molecular flexibility index (Phi) is 7.29. The molecule has 0 aromatic heterocycles. The van der Waals surface area contributed by atoms with Crippen molar-refractivity contribution in [2.45, 2.75) is 6.54 Å². The summed E-state index contributed by atoms with van der Waals surface area (Å²) in [6.45, 7) is 4.29. The molecule has 1 amide bonds. The Labute approximate surface area is 197 Å². The zero-order valence-electron chi connectivity index (χ0n) is 19.2. The van der Waals surface area contributed by atoms with Gasteiger partial charge in [0.25, 0.3) is 0 Å². The molecule has 2 aliphatic heterocycles. The summed E-state index contributed by atoms with van der Waals surface area (Å²) in [4.78, 5) is 41.0. The lowest BCUT2D eigenvalue weighted by Gasteiger charge is -2.34. The number of amides is 1. The quantitative estimate of drug-likeness (QED) is 0.607. The molecule has 1 N–H and O–H groups in total. The van der Waals surface area contributed by atoms with Crippen molar-refractivity contribution >= 4 is 23.5 Å². The van der Waals surface area contributed by atoms with Crippen molar-refractivity contribution in [1.82, 2.24) is 9.80 Å². The van der Waals surface area contributed by atoms with Gasteiger partial charge in [-0.25, -0.2) is 9.59 Å². The Bertz CT molecular complexity index is 1080. The summed E-state index contributed by atoms with van der Waals surface area (Å²) in [6.07, 6.45) is 0. The van der Waals surface area contributed by atoms with Crippen LogP contribution in [-0.2, 0) is 20.8 Å². The molecule has 34 heavy (non-hydrogen) atoms. The standard InChI is InChI=1S/C24H27N3O7/c1-31-23(29)17-4-5-18(24(30)32-2)19(12-17)25-22(28)14-27-9-7-26(8-10-27)13-16-3-6-20-21(11-16)34-15-33-20/h3-6,11-12H,7-10,13-15H2,1-2H3,(H,25,28). The van der Waals surface area contributed by atoms with Crippen molar-refractivity contribution in [2.24, 2.45) is 0 Å². The molecule has 180 valence electrons. The summed E-state index contributed by atoms with van der Waals surface area (Å²) in [5.41, 5.74) is 1.75. The second-order valence-electron chi connectivity index (χ2n) is 8.03. The molecule has 2 aliphatic rings. The largest absolute Gasteiger partial charge is 0.465 e. The predicted octanol–water partition coefficient (Wildman–Crippen LogP) is 1.74. The minimum absolute atomic E-state index is 0.164. The summed E-state index contributed by atoms with van der Waals surface area (Å²) >= 11 is 0. The van der Waals surface area contributed by atoms with Gasteiger partial charge in [0.1, 0.15) is 0 Å². The SMILES string of the molecule is COC(=O)c1ccc(C(=O)OC)c(NC(=O)CN2CCN(Cc3ccc4c(c3)OCO4)CC2)c1. The molecule has 0 atom stereocenters. The van der Waals surface area contributed by atoms with Crippen molar-refractivity contribution in [3.8, 4) is 11.5 Å². The second-order valence-corrected chi connectivity index (χ2v) is 8.03. The lowest BCUT2D eigenvalue weighted by Crippen LogP contribution is -2.48. The number of anilines is 1. The first-order valence-electron chi connectivity index (χ1n) is 10.9. The Morgan fingerprint density at radius 3 is 2.32 bits per heavy atom. The highest BCUT2D eigenvalue weighted by Gasteiger charge is 2.22. The van der Waals surface area contributed by atoms with Gasteiger partial charge in [-0.3, -0.25) is 14.6 Å². The molecule has 0 saturated carbocycles. The first kappa shape index (κ1) is 23.5. The monoisotopic (exact) mass is 469 g/mol. The first-order valence-corrected chi connectivity index (χ1v) is 10.9. The summed E-state index contributed by atoms with van der Waals surface area (Å²) in [5, 5.41) is 2.74. The second kappa shape index (κ2) is 10.5. The van der Waals surface area contributed by atoms with Crippen LogP contribution >= 0.6 is 0 Å². The predicted molar refractivity (Wildman–Crippen MR) is 122 cm³/mol. The summed E-state index contributed by atoms with van der Waals surface area (Å²) < 4.78 is 20.3. The summed E-state index contributed by atoms with van der Waals surface area (Å²) in [5.74, 6) is 0.0909. The molecule has 0 unspecified atom stereocenters. The number of hydrogen-bond donors (Lipinski definition) is 1. The van der Waals surface area contributed by atoms with Gasteiger partial charge in [-0.05, 0) is 35.9 Å². The van der Waals surface area contributed by atoms with Crippen LogP contribution in [0.1, 0.15) is 26.3 Å². The van der Waals surface area contributed by atoms with E-state index in [9.17, 15) is 14.4 Å². The molecule has 2 aromatic carbocycles. The molecule has 10 heteroatoms. The van der Waals surface area contributed by atoms with Gasteiger partial charge < -0.3 is 24.3 Å². The fourth-order valence-corrected chi connectivity index (χ4v) is 3.98. The zero-order chi connectivity index (χ0) is 24.1. The lowest BCUT2D eigenvalue weighted by molar-refractivity contribution is -0.117. The topological polar surface area (TPSA) is 107 Å². The number of nitrogens with zero attached hydrogens (tertiary/aromatic N) is 2. The van der Waals surface area contributed by atoms with Gasteiger partial charge in [0.05, 0.1) is 37.6 Å². The van der Waals surface area contributed by atoms with Crippen molar-refractivity contribution in [3.63, 3.8) is 0 Å². The van der Waals surface area contributed by atoms with Crippen LogP contribution < -0.4 is 14.8 Å². The normalized spacial score (nSPS) is 15.6. The molecule has 2 heterocycles. The molecule has 0 bridgehead atoms. The summed E-state index contributed by atoms with van der Waals surface area (Å²) in [6, 6.07) is 10.3. The van der Waals surface area contributed by atoms with Crippen LogP contribution in [0.2, 0.25) is 0 Å². The first-order chi connectivity index (χ1) is 16.5. The number of nitrogens with one attached hydrogen (secondary N) is 1. The van der Waals surface area contributed by atoms with E-state index in [1.165, 1.54) is 32.4 Å². The third kappa shape index (κ3) is 5.46. The molecular weight excluding hydrogens is 442 g/mol. The van der Waals surface area contributed by atoms with Crippen molar-refractivity contribution < 1.29 is 33.3 Å². The number of piperazine rings is 1. The van der Waals surface area contributed by atoms with Crippen LogP contribution in [0.15, 0.2) is 36.4 Å². The van der Waals surface area contributed by atoms with E-state index in [2.05, 4.69) is 10.2 Å². The van der Waals surface area contributed by atoms with Gasteiger partial charge in [-0.15, -0.1) is 0 Å². The fourth-order valence-electron chi connectivity index (χ4n) is 3.98. The minimum Gasteiger partial charge on any atom is -0.465 e. The maximum Gasteiger partial charge on any atom is 0.339 e. The van der Waals surface area contributed by atoms with Gasteiger partial charge in [0.15, 0.2) is 11.5 Å². The van der Waals surface area contributed by atoms with Crippen molar-refractivity contribution in [1.29, 1.82) is 0 Å². The number of esters is 2. The molecular formula is C24H27N3O7. The van der Waals surface area contributed by atoms with Crippen molar-refractivity contribution in [3.05, 3.63) is 53.1 Å². The number of rotatable bonds is 7. The van der Waals surface area contributed by atoms with Gasteiger partial charge in [-0.1, -0.05) is 6.07 Å². The van der Waals surface area contributed by atoms with E-state index in [-0.39, 0.29) is 36.1 Å². The number of carbonyl (C=O) groups is 3. The van der Waals surface area contributed by atoms with E-state index >= 15 is 0 Å². The average Bonchev–Trinajstić information content (AvgIpc) is 3.32. The van der Waals surface area contributed by atoms with Gasteiger partial charge in [-0.2, -0.15) is 0 Å². The highest BCUT2D eigenvalue weighted by molar-refractivity contribution is 6.03. The molecule has 0 radical (unpaired) electrons. The maximum absolute atomic E-state index is 12.7. The Hall–Kier alpha value is -3.63. The number of methoxy groups -OCH3 is 2. The van der Waals surface area contributed by atoms with Crippen LogP contribution in [0.25, 0.3) is 0 Å². The van der Waals surface area contributed by atoms with Crippen LogP contribution in [0, 0.1) is 0 Å². The van der Waals surface area contributed by atoms with Gasteiger partial charge >= 0.3 is 11.9 Å². The van der Waals surface area contributed by atoms with Crippen LogP contribution in [0.3, 0.4) is 0 Å². The number of hydrogen-bond acceptors (Lipinski definition) is 9. The minimum atomic E-state index is -0.608. The lowest BCUT2D eigenvalue weighted by atomic mass is 10.1. The van der Waals surface area contributed by atoms with E-state index in [4.69, 9.17) is 18.9 Å². The molecule has 1 fully saturated rings. The number of carbonyl (C=O) groups excluding carboxylic acids is 3. The Morgan fingerprint density at radius 2 is 1.59 bits per heavy atom. The highest BCUT2D eigenvalue weighted by atomic mass is 16.7. The molecule has 10 nitrogen and oxygen atoms in total. The van der Waals surface area contributed by atoms with Crippen LogP contribution in [-0.4, -0.2) is 81.4 Å². The Morgan fingerprint density at radius 1 is 0.882 bits per heavy atom. The zero-order valence-corrected chi connectivity index (χ0v) is 19.2. The fraction of sp³-hybridized carbons (Fsp3) is 0.375. The average molecular weight is 469 g/mol. The number of ether oxygens (including phenoxy) is 4. The van der Waals surface area contributed by atoms with Crippen LogP contribution in [0.4, 0.5) is 5.69 Å². The summed E-state index contributed by atoms with van der Waals surface area (Å²) in [7, 11) is 2.52. The molecule has 4 rings (SSSR count). The van der Waals surface area contributed by atoms with E-state index in [1.54, 1.807) is 0 Å². The van der Waals surface area contributed by atoms with E-state index in [1.807, 2.05) is 23.1 Å². The van der Waals surface area contributed by atoms with Crippen molar-refractivity contribution in [2.75, 3.05) is 59.1 Å². The molecule has 2 aromatic rings. The third-order valence-corrected chi connectivity index (χ3v) is 5.80.